The summed E-state index contributed by atoms with van der Waals surface area (Å²) in [6.07, 6.45) is 0.494. The first-order valence-corrected chi connectivity index (χ1v) is 9.94. The quantitative estimate of drug-likeness (QED) is 0.631. The number of piperazine rings is 1. The average molecular weight is 393 g/mol. The van der Waals surface area contributed by atoms with Crippen molar-refractivity contribution in [1.82, 2.24) is 14.8 Å². The van der Waals surface area contributed by atoms with E-state index in [1.807, 2.05) is 48.5 Å². The topological polar surface area (TPSA) is 68.8 Å². The number of carbonyl (C=O) groups excluding carboxylic acids is 1. The van der Waals surface area contributed by atoms with Crippen molar-refractivity contribution in [3.63, 3.8) is 0 Å². The SMILES string of the molecule is COc1ccccc1[C@@H]([C@H](O)C(=O)c1c[nH]c2ccccc12)N1CCN(C)CC1. The number of para-hydroxylation sites is 2. The van der Waals surface area contributed by atoms with E-state index >= 15 is 0 Å². The second-order valence-electron chi connectivity index (χ2n) is 7.58. The smallest absolute Gasteiger partial charge is 0.195 e. The molecule has 6 nitrogen and oxygen atoms in total. The Hall–Kier alpha value is -2.67. The number of aromatic nitrogens is 1. The van der Waals surface area contributed by atoms with E-state index < -0.39 is 12.1 Å². The molecule has 0 radical (unpaired) electrons. The highest BCUT2D eigenvalue weighted by molar-refractivity contribution is 6.10. The number of nitrogens with one attached hydrogen (secondary N) is 1. The minimum absolute atomic E-state index is 0.280. The largest absolute Gasteiger partial charge is 0.496 e. The van der Waals surface area contributed by atoms with Gasteiger partial charge in [-0.2, -0.15) is 0 Å². The summed E-state index contributed by atoms with van der Waals surface area (Å²) in [5, 5.41) is 12.2. The number of ether oxygens (including phenoxy) is 1. The van der Waals surface area contributed by atoms with Crippen LogP contribution in [0.3, 0.4) is 0 Å². The number of aromatic amines is 1. The second kappa shape index (κ2) is 8.37. The van der Waals surface area contributed by atoms with Gasteiger partial charge in [-0.15, -0.1) is 0 Å². The predicted molar refractivity (Wildman–Crippen MR) is 113 cm³/mol. The lowest BCUT2D eigenvalue weighted by Crippen LogP contribution is -2.50. The van der Waals surface area contributed by atoms with Crippen molar-refractivity contribution in [2.45, 2.75) is 12.1 Å². The molecule has 2 aromatic carbocycles. The molecule has 2 heterocycles. The molecule has 2 atom stereocenters. The van der Waals surface area contributed by atoms with Gasteiger partial charge in [-0.1, -0.05) is 36.4 Å². The van der Waals surface area contributed by atoms with Crippen molar-refractivity contribution >= 4 is 16.7 Å². The number of hydrogen-bond donors (Lipinski definition) is 2. The van der Waals surface area contributed by atoms with E-state index in [1.54, 1.807) is 13.3 Å². The summed E-state index contributed by atoms with van der Waals surface area (Å²) in [6.45, 7) is 3.33. The fourth-order valence-electron chi connectivity index (χ4n) is 4.16. The lowest BCUT2D eigenvalue weighted by molar-refractivity contribution is 0.0220. The minimum atomic E-state index is -1.20. The summed E-state index contributed by atoms with van der Waals surface area (Å²) in [5.74, 6) is 0.402. The summed E-state index contributed by atoms with van der Waals surface area (Å²) in [4.78, 5) is 21.0. The van der Waals surface area contributed by atoms with Gasteiger partial charge in [0.2, 0.25) is 0 Å². The number of carbonyl (C=O) groups is 1. The van der Waals surface area contributed by atoms with Gasteiger partial charge in [-0.05, 0) is 19.2 Å². The van der Waals surface area contributed by atoms with Crippen LogP contribution in [0.2, 0.25) is 0 Å². The third-order valence-corrected chi connectivity index (χ3v) is 5.81. The number of ketones is 1. The molecule has 0 aliphatic carbocycles. The molecule has 0 unspecified atom stereocenters. The maximum Gasteiger partial charge on any atom is 0.195 e. The molecule has 1 saturated heterocycles. The van der Waals surface area contributed by atoms with E-state index in [0.29, 0.717) is 11.3 Å². The summed E-state index contributed by atoms with van der Waals surface area (Å²) < 4.78 is 5.56. The van der Waals surface area contributed by atoms with Crippen LogP contribution in [0.4, 0.5) is 0 Å². The Labute approximate surface area is 170 Å². The van der Waals surface area contributed by atoms with Crippen LogP contribution >= 0.6 is 0 Å². The lowest BCUT2D eigenvalue weighted by atomic mass is 9.92. The van der Waals surface area contributed by atoms with Crippen molar-refractivity contribution in [2.75, 3.05) is 40.3 Å². The molecule has 0 bridgehead atoms. The molecule has 3 aromatic rings. The number of rotatable bonds is 6. The zero-order valence-electron chi connectivity index (χ0n) is 16.8. The lowest BCUT2D eigenvalue weighted by Gasteiger charge is -2.40. The number of aliphatic hydroxyl groups excluding tert-OH is 1. The fourth-order valence-corrected chi connectivity index (χ4v) is 4.16. The Morgan fingerprint density at radius 1 is 1.07 bits per heavy atom. The molecule has 0 amide bonds. The Balaban J connectivity index is 1.72. The van der Waals surface area contributed by atoms with Gasteiger partial charge in [-0.3, -0.25) is 9.69 Å². The first-order valence-electron chi connectivity index (χ1n) is 9.94. The number of fused-ring (bicyclic) bond motifs is 1. The van der Waals surface area contributed by atoms with Crippen molar-refractivity contribution in [3.05, 3.63) is 65.9 Å². The fraction of sp³-hybridized carbons (Fsp3) is 0.348. The molecule has 152 valence electrons. The summed E-state index contributed by atoms with van der Waals surface area (Å²) in [5.41, 5.74) is 2.24. The highest BCUT2D eigenvalue weighted by Gasteiger charge is 2.36. The van der Waals surface area contributed by atoms with Gasteiger partial charge in [0.1, 0.15) is 11.9 Å². The number of nitrogens with zero attached hydrogens (tertiary/aromatic N) is 2. The van der Waals surface area contributed by atoms with Crippen LogP contribution in [0.15, 0.2) is 54.7 Å². The molecule has 1 aliphatic heterocycles. The van der Waals surface area contributed by atoms with Gasteiger partial charge in [-0.25, -0.2) is 0 Å². The molecule has 1 aromatic heterocycles. The van der Waals surface area contributed by atoms with Crippen LogP contribution in [0.5, 0.6) is 5.75 Å². The number of hydrogen-bond acceptors (Lipinski definition) is 5. The van der Waals surface area contributed by atoms with Gasteiger partial charge in [0.15, 0.2) is 5.78 Å². The number of benzene rings is 2. The van der Waals surface area contributed by atoms with Gasteiger partial charge in [0, 0.05) is 54.4 Å². The highest BCUT2D eigenvalue weighted by Crippen LogP contribution is 2.34. The molecule has 1 fully saturated rings. The van der Waals surface area contributed by atoms with Crippen LogP contribution in [0, 0.1) is 0 Å². The molecule has 2 N–H and O–H groups in total. The zero-order valence-corrected chi connectivity index (χ0v) is 16.8. The Morgan fingerprint density at radius 2 is 1.76 bits per heavy atom. The van der Waals surface area contributed by atoms with Crippen LogP contribution in [0.25, 0.3) is 10.9 Å². The van der Waals surface area contributed by atoms with Crippen molar-refractivity contribution < 1.29 is 14.6 Å². The minimum Gasteiger partial charge on any atom is -0.496 e. The monoisotopic (exact) mass is 393 g/mol. The standard InChI is InChI=1S/C23H27N3O3/c1-25-11-13-26(14-12-25)21(17-8-4-6-10-20(17)29-2)23(28)22(27)18-15-24-19-9-5-3-7-16(18)19/h3-10,15,21,23-24,28H,11-14H2,1-2H3/t21-,23-/m0/s1. The van der Waals surface area contributed by atoms with Crippen LogP contribution in [0.1, 0.15) is 22.0 Å². The average Bonchev–Trinajstić information content (AvgIpc) is 3.19. The van der Waals surface area contributed by atoms with Crippen molar-refractivity contribution in [3.8, 4) is 5.75 Å². The molecule has 0 saturated carbocycles. The van der Waals surface area contributed by atoms with E-state index in [4.69, 9.17) is 4.74 Å². The Morgan fingerprint density at radius 3 is 2.52 bits per heavy atom. The van der Waals surface area contributed by atoms with E-state index in [1.165, 1.54) is 0 Å². The van der Waals surface area contributed by atoms with Gasteiger partial charge >= 0.3 is 0 Å². The highest BCUT2D eigenvalue weighted by atomic mass is 16.5. The first kappa shape index (κ1) is 19.6. The molecule has 4 rings (SSSR count). The number of methoxy groups -OCH3 is 1. The van der Waals surface area contributed by atoms with E-state index in [-0.39, 0.29) is 5.78 Å². The van der Waals surface area contributed by atoms with Gasteiger partial charge < -0.3 is 19.7 Å². The van der Waals surface area contributed by atoms with Crippen LogP contribution < -0.4 is 4.74 Å². The van der Waals surface area contributed by atoms with E-state index in [9.17, 15) is 9.90 Å². The number of likely N-dealkylation sites (N-methyl/N-ethyl adjacent to an activating group) is 1. The maximum absolute atomic E-state index is 13.4. The number of H-pyrrole nitrogens is 1. The molecular formula is C23H27N3O3. The van der Waals surface area contributed by atoms with Crippen LogP contribution in [-0.2, 0) is 0 Å². The molecule has 1 aliphatic rings. The summed E-state index contributed by atoms with van der Waals surface area (Å²) in [7, 11) is 3.71. The van der Waals surface area contributed by atoms with E-state index in [2.05, 4.69) is 21.8 Å². The van der Waals surface area contributed by atoms with Gasteiger partial charge in [0.05, 0.1) is 13.2 Å². The molecule has 29 heavy (non-hydrogen) atoms. The van der Waals surface area contributed by atoms with Crippen molar-refractivity contribution in [2.24, 2.45) is 0 Å². The van der Waals surface area contributed by atoms with E-state index in [0.717, 1.165) is 42.6 Å². The normalized spacial score (nSPS) is 17.9. The molecule has 0 spiro atoms. The first-order chi connectivity index (χ1) is 14.1. The van der Waals surface area contributed by atoms with Gasteiger partial charge in [0.25, 0.3) is 0 Å². The molecular weight excluding hydrogens is 366 g/mol. The third-order valence-electron chi connectivity index (χ3n) is 5.81. The Bertz CT molecular complexity index is 992. The number of aliphatic hydroxyl groups is 1. The third kappa shape index (κ3) is 3.79. The summed E-state index contributed by atoms with van der Waals surface area (Å²) in [6, 6.07) is 14.8. The van der Waals surface area contributed by atoms with Crippen molar-refractivity contribution in [1.29, 1.82) is 0 Å². The summed E-state index contributed by atoms with van der Waals surface area (Å²) >= 11 is 0. The Kier molecular flexibility index (Phi) is 5.67. The van der Waals surface area contributed by atoms with Crippen LogP contribution in [-0.4, -0.2) is 72.1 Å². The maximum atomic E-state index is 13.4. The predicted octanol–water partition coefficient (Wildman–Crippen LogP) is 2.71. The molecule has 6 heteroatoms. The zero-order chi connectivity index (χ0) is 20.4. The second-order valence-corrected chi connectivity index (χ2v) is 7.58. The number of Topliss-reactive ketones (excluding diaryl/α,β-unsaturated/α-hetero) is 1.